The van der Waals surface area contributed by atoms with Crippen molar-refractivity contribution >= 4 is 11.9 Å². The number of carboxylic acids is 1. The van der Waals surface area contributed by atoms with E-state index < -0.39 is 18.2 Å². The van der Waals surface area contributed by atoms with Crippen LogP contribution in [0.2, 0.25) is 0 Å². The molecule has 6 nitrogen and oxygen atoms in total. The zero-order chi connectivity index (χ0) is 13.7. The average Bonchev–Trinajstić information content (AvgIpc) is 2.76. The second-order valence-electron chi connectivity index (χ2n) is 4.95. The highest BCUT2D eigenvalue weighted by molar-refractivity contribution is 5.82. The number of amides is 1. The Balaban J connectivity index is 2.33. The third kappa shape index (κ3) is 4.27. The Morgan fingerprint density at radius 2 is 1.78 bits per heavy atom. The van der Waals surface area contributed by atoms with E-state index in [1.54, 1.807) is 11.9 Å². The number of nitrogens with zero attached hydrogens (tertiary/aromatic N) is 2. The van der Waals surface area contributed by atoms with Crippen LogP contribution in [0.25, 0.3) is 0 Å². The van der Waals surface area contributed by atoms with Crippen LogP contribution in [0.1, 0.15) is 19.3 Å². The zero-order valence-corrected chi connectivity index (χ0v) is 11.3. The van der Waals surface area contributed by atoms with Gasteiger partial charge in [0.1, 0.15) is 6.10 Å². The zero-order valence-electron chi connectivity index (χ0n) is 11.3. The molecular formula is C12H22N2O4. The molecule has 0 aliphatic carbocycles. The molecule has 18 heavy (non-hydrogen) atoms. The standard InChI is InChI=1S/C12H22N2O4/c1-13(2)7-4-8-14(3)11(15)9-5-6-10(18-9)12(16)17/h9-10H,4-8H2,1-3H3,(H,16,17). The van der Waals surface area contributed by atoms with Gasteiger partial charge in [-0.05, 0) is 39.9 Å². The summed E-state index contributed by atoms with van der Waals surface area (Å²) in [4.78, 5) is 26.4. The van der Waals surface area contributed by atoms with Crippen LogP contribution in [0.3, 0.4) is 0 Å². The molecule has 0 radical (unpaired) electrons. The van der Waals surface area contributed by atoms with Gasteiger partial charge in [0, 0.05) is 13.6 Å². The summed E-state index contributed by atoms with van der Waals surface area (Å²) in [6.07, 6.45) is 0.389. The molecule has 1 rings (SSSR count). The summed E-state index contributed by atoms with van der Waals surface area (Å²) >= 11 is 0. The van der Waals surface area contributed by atoms with Gasteiger partial charge in [-0.2, -0.15) is 0 Å². The average molecular weight is 258 g/mol. The predicted molar refractivity (Wildman–Crippen MR) is 66.3 cm³/mol. The predicted octanol–water partition coefficient (Wildman–Crippen LogP) is 0.0287. The van der Waals surface area contributed by atoms with Gasteiger partial charge in [0.05, 0.1) is 0 Å². The van der Waals surface area contributed by atoms with E-state index in [0.29, 0.717) is 19.4 Å². The fourth-order valence-electron chi connectivity index (χ4n) is 1.98. The first kappa shape index (κ1) is 14.9. The van der Waals surface area contributed by atoms with E-state index in [-0.39, 0.29) is 5.91 Å². The van der Waals surface area contributed by atoms with Gasteiger partial charge in [0.15, 0.2) is 6.10 Å². The van der Waals surface area contributed by atoms with E-state index in [1.807, 2.05) is 14.1 Å². The van der Waals surface area contributed by atoms with Gasteiger partial charge < -0.3 is 19.6 Å². The summed E-state index contributed by atoms with van der Waals surface area (Å²) in [5.74, 6) is -1.10. The van der Waals surface area contributed by atoms with Gasteiger partial charge in [-0.15, -0.1) is 0 Å². The van der Waals surface area contributed by atoms with Crippen molar-refractivity contribution in [2.24, 2.45) is 0 Å². The smallest absolute Gasteiger partial charge is 0.332 e. The van der Waals surface area contributed by atoms with Crippen molar-refractivity contribution in [3.8, 4) is 0 Å². The van der Waals surface area contributed by atoms with Crippen molar-refractivity contribution in [3.63, 3.8) is 0 Å². The third-order valence-corrected chi connectivity index (χ3v) is 3.05. The topological polar surface area (TPSA) is 70.1 Å². The van der Waals surface area contributed by atoms with Crippen molar-refractivity contribution in [1.82, 2.24) is 9.80 Å². The third-order valence-electron chi connectivity index (χ3n) is 3.05. The Hall–Kier alpha value is -1.14. The summed E-state index contributed by atoms with van der Waals surface area (Å²) in [5, 5.41) is 8.80. The van der Waals surface area contributed by atoms with Gasteiger partial charge in [-0.1, -0.05) is 0 Å². The number of carbonyl (C=O) groups excluding carboxylic acids is 1. The molecule has 0 aromatic carbocycles. The first-order valence-corrected chi connectivity index (χ1v) is 6.19. The molecular weight excluding hydrogens is 236 g/mol. The lowest BCUT2D eigenvalue weighted by Crippen LogP contribution is -2.38. The summed E-state index contributed by atoms with van der Waals surface area (Å²) < 4.78 is 5.23. The molecule has 0 bridgehead atoms. The lowest BCUT2D eigenvalue weighted by atomic mass is 10.2. The molecule has 1 amide bonds. The van der Waals surface area contributed by atoms with E-state index in [2.05, 4.69) is 4.90 Å². The van der Waals surface area contributed by atoms with Crippen LogP contribution in [0, 0.1) is 0 Å². The highest BCUT2D eigenvalue weighted by Crippen LogP contribution is 2.21. The van der Waals surface area contributed by atoms with E-state index in [1.165, 1.54) is 0 Å². The molecule has 0 aromatic heterocycles. The van der Waals surface area contributed by atoms with E-state index >= 15 is 0 Å². The number of carboxylic acid groups (broad SMARTS) is 1. The first-order valence-electron chi connectivity index (χ1n) is 6.19. The second-order valence-corrected chi connectivity index (χ2v) is 4.95. The lowest BCUT2D eigenvalue weighted by molar-refractivity contribution is -0.154. The Morgan fingerprint density at radius 3 is 2.28 bits per heavy atom. The van der Waals surface area contributed by atoms with Crippen molar-refractivity contribution in [2.75, 3.05) is 34.2 Å². The minimum absolute atomic E-state index is 0.113. The fourth-order valence-corrected chi connectivity index (χ4v) is 1.98. The maximum Gasteiger partial charge on any atom is 0.332 e. The quantitative estimate of drug-likeness (QED) is 0.728. The van der Waals surface area contributed by atoms with Crippen molar-refractivity contribution in [2.45, 2.75) is 31.5 Å². The van der Waals surface area contributed by atoms with Crippen LogP contribution >= 0.6 is 0 Å². The Bertz CT molecular complexity index is 306. The fraction of sp³-hybridized carbons (Fsp3) is 0.833. The summed E-state index contributed by atoms with van der Waals surface area (Å²) in [5.41, 5.74) is 0. The minimum Gasteiger partial charge on any atom is -0.479 e. The molecule has 6 heteroatoms. The van der Waals surface area contributed by atoms with Gasteiger partial charge in [0.25, 0.3) is 5.91 Å². The molecule has 2 unspecified atom stereocenters. The first-order chi connectivity index (χ1) is 8.41. The highest BCUT2D eigenvalue weighted by Gasteiger charge is 2.35. The van der Waals surface area contributed by atoms with E-state index in [4.69, 9.17) is 9.84 Å². The number of rotatable bonds is 6. The van der Waals surface area contributed by atoms with E-state index in [9.17, 15) is 9.59 Å². The van der Waals surface area contributed by atoms with Crippen molar-refractivity contribution in [3.05, 3.63) is 0 Å². The Kier molecular flexibility index (Phi) is 5.55. The van der Waals surface area contributed by atoms with Crippen LogP contribution in [0.5, 0.6) is 0 Å². The van der Waals surface area contributed by atoms with Crippen molar-refractivity contribution < 1.29 is 19.4 Å². The number of hydrogen-bond acceptors (Lipinski definition) is 4. The summed E-state index contributed by atoms with van der Waals surface area (Å²) in [6, 6.07) is 0. The molecule has 104 valence electrons. The molecule has 1 fully saturated rings. The number of carbonyl (C=O) groups is 2. The Labute approximate surface area is 107 Å². The van der Waals surface area contributed by atoms with Crippen molar-refractivity contribution in [1.29, 1.82) is 0 Å². The van der Waals surface area contributed by atoms with Crippen LogP contribution in [0.4, 0.5) is 0 Å². The molecule has 1 saturated heterocycles. The molecule has 0 saturated carbocycles. The minimum atomic E-state index is -0.986. The molecule has 2 atom stereocenters. The normalized spacial score (nSPS) is 23.3. The molecule has 0 spiro atoms. The number of ether oxygens (including phenoxy) is 1. The lowest BCUT2D eigenvalue weighted by Gasteiger charge is -2.21. The number of aliphatic carboxylic acids is 1. The van der Waals surface area contributed by atoms with Gasteiger partial charge in [-0.3, -0.25) is 4.79 Å². The number of hydrogen-bond donors (Lipinski definition) is 1. The van der Waals surface area contributed by atoms with Crippen LogP contribution in [-0.2, 0) is 14.3 Å². The molecule has 0 aromatic rings. The van der Waals surface area contributed by atoms with Crippen LogP contribution in [0.15, 0.2) is 0 Å². The van der Waals surface area contributed by atoms with Gasteiger partial charge >= 0.3 is 5.97 Å². The largest absolute Gasteiger partial charge is 0.479 e. The Morgan fingerprint density at radius 1 is 1.17 bits per heavy atom. The highest BCUT2D eigenvalue weighted by atomic mass is 16.5. The SMILES string of the molecule is CN(C)CCCN(C)C(=O)C1CCC(C(=O)O)O1. The monoisotopic (exact) mass is 258 g/mol. The van der Waals surface area contributed by atoms with Gasteiger partial charge in [-0.25, -0.2) is 4.79 Å². The molecule has 1 heterocycles. The number of likely N-dealkylation sites (N-methyl/N-ethyl adjacent to an activating group) is 1. The molecule has 1 aliphatic rings. The van der Waals surface area contributed by atoms with Crippen LogP contribution in [-0.4, -0.2) is 73.2 Å². The maximum atomic E-state index is 12.0. The summed E-state index contributed by atoms with van der Waals surface area (Å²) in [7, 11) is 5.70. The maximum absolute atomic E-state index is 12.0. The molecule has 1 N–H and O–H groups in total. The van der Waals surface area contributed by atoms with E-state index in [0.717, 1.165) is 13.0 Å². The summed E-state index contributed by atoms with van der Waals surface area (Å²) in [6.45, 7) is 1.58. The van der Waals surface area contributed by atoms with Gasteiger partial charge in [0.2, 0.25) is 0 Å². The van der Waals surface area contributed by atoms with Crippen LogP contribution < -0.4 is 0 Å². The molecule has 1 aliphatic heterocycles. The second kappa shape index (κ2) is 6.70.